The van der Waals surface area contributed by atoms with E-state index in [4.69, 9.17) is 11.6 Å². The molecule has 0 aromatic carbocycles. The molecule has 0 amide bonds. The third kappa shape index (κ3) is 2.20. The van der Waals surface area contributed by atoms with Crippen molar-refractivity contribution in [1.29, 1.82) is 0 Å². The zero-order valence-electron chi connectivity index (χ0n) is 10.2. The first-order valence-electron chi connectivity index (χ1n) is 5.76. The molecule has 0 spiro atoms. The number of hydrogen-bond acceptors (Lipinski definition) is 4. The number of H-pyrrole nitrogens is 1. The lowest BCUT2D eigenvalue weighted by Gasteiger charge is -2.27. The Morgan fingerprint density at radius 1 is 1.35 bits per heavy atom. The number of anilines is 1. The maximum absolute atomic E-state index is 5.91. The highest BCUT2D eigenvalue weighted by Gasteiger charge is 2.17. The van der Waals surface area contributed by atoms with Crippen molar-refractivity contribution in [3.8, 4) is 0 Å². The molecule has 2 heterocycles. The van der Waals surface area contributed by atoms with Gasteiger partial charge in [0.15, 0.2) is 11.5 Å². The maximum Gasteiger partial charge on any atom is 0.226 e. The van der Waals surface area contributed by atoms with E-state index in [9.17, 15) is 0 Å². The summed E-state index contributed by atoms with van der Waals surface area (Å²) >= 11 is 5.91. The topological polar surface area (TPSA) is 57.7 Å². The van der Waals surface area contributed by atoms with Gasteiger partial charge < -0.3 is 9.88 Å². The molecule has 0 bridgehead atoms. The molecule has 0 aliphatic carbocycles. The van der Waals surface area contributed by atoms with Gasteiger partial charge in [-0.15, -0.1) is 0 Å². The Labute approximate surface area is 105 Å². The molecule has 2 rings (SSSR count). The van der Waals surface area contributed by atoms with Gasteiger partial charge in [0.25, 0.3) is 0 Å². The molecular weight excluding hydrogens is 238 g/mol. The van der Waals surface area contributed by atoms with Crippen molar-refractivity contribution < 1.29 is 0 Å². The Balaban J connectivity index is 2.49. The maximum atomic E-state index is 5.91. The standard InChI is InChI=1S/C11H16ClN5/c1-4-7(5-2)17(3)10-8-9(14-6-13-8)15-11(12)16-10/h6-7H,4-5H2,1-3H3,(H,13,14,15,16). The van der Waals surface area contributed by atoms with E-state index in [1.165, 1.54) is 0 Å². The second kappa shape index (κ2) is 4.87. The van der Waals surface area contributed by atoms with Gasteiger partial charge in [-0.25, -0.2) is 4.98 Å². The fourth-order valence-electron chi connectivity index (χ4n) is 2.06. The highest BCUT2D eigenvalue weighted by Crippen LogP contribution is 2.24. The minimum absolute atomic E-state index is 0.234. The van der Waals surface area contributed by atoms with Crippen molar-refractivity contribution in [2.24, 2.45) is 0 Å². The number of rotatable bonds is 4. The van der Waals surface area contributed by atoms with Crippen LogP contribution in [0.15, 0.2) is 6.33 Å². The van der Waals surface area contributed by atoms with Gasteiger partial charge in [0.05, 0.1) is 6.33 Å². The van der Waals surface area contributed by atoms with E-state index in [1.54, 1.807) is 6.33 Å². The van der Waals surface area contributed by atoms with E-state index in [-0.39, 0.29) is 5.28 Å². The molecule has 0 fully saturated rings. The van der Waals surface area contributed by atoms with Crippen molar-refractivity contribution in [3.63, 3.8) is 0 Å². The number of nitrogens with zero attached hydrogens (tertiary/aromatic N) is 4. The third-order valence-corrected chi connectivity index (χ3v) is 3.23. The lowest BCUT2D eigenvalue weighted by Crippen LogP contribution is -2.31. The van der Waals surface area contributed by atoms with Gasteiger partial charge in [-0.3, -0.25) is 0 Å². The molecule has 0 aliphatic heterocycles. The van der Waals surface area contributed by atoms with Crippen LogP contribution in [0, 0.1) is 0 Å². The summed E-state index contributed by atoms with van der Waals surface area (Å²) in [4.78, 5) is 17.7. The lowest BCUT2D eigenvalue weighted by molar-refractivity contribution is 0.588. The van der Waals surface area contributed by atoms with Gasteiger partial charge in [-0.1, -0.05) is 13.8 Å². The van der Waals surface area contributed by atoms with Gasteiger partial charge >= 0.3 is 0 Å². The molecule has 0 saturated carbocycles. The minimum Gasteiger partial charge on any atom is -0.355 e. The fourth-order valence-corrected chi connectivity index (χ4v) is 2.22. The molecule has 0 unspecified atom stereocenters. The Kier molecular flexibility index (Phi) is 3.47. The van der Waals surface area contributed by atoms with Gasteiger partial charge in [-0.05, 0) is 24.4 Å². The average molecular weight is 254 g/mol. The number of imidazole rings is 1. The van der Waals surface area contributed by atoms with Crippen LogP contribution in [0.3, 0.4) is 0 Å². The van der Waals surface area contributed by atoms with Crippen LogP contribution in [0.5, 0.6) is 0 Å². The van der Waals surface area contributed by atoms with Crippen LogP contribution in [0.1, 0.15) is 26.7 Å². The largest absolute Gasteiger partial charge is 0.355 e. The smallest absolute Gasteiger partial charge is 0.226 e. The average Bonchev–Trinajstić information content (AvgIpc) is 2.77. The third-order valence-electron chi connectivity index (χ3n) is 3.06. The Hall–Kier alpha value is -1.36. The zero-order chi connectivity index (χ0) is 12.4. The zero-order valence-corrected chi connectivity index (χ0v) is 11.0. The van der Waals surface area contributed by atoms with Crippen LogP contribution in [0.4, 0.5) is 5.82 Å². The summed E-state index contributed by atoms with van der Waals surface area (Å²) in [5, 5.41) is 0.234. The molecular formula is C11H16ClN5. The second-order valence-electron chi connectivity index (χ2n) is 4.00. The monoisotopic (exact) mass is 253 g/mol. The van der Waals surface area contributed by atoms with Crippen LogP contribution in [-0.2, 0) is 0 Å². The van der Waals surface area contributed by atoms with Gasteiger partial charge in [-0.2, -0.15) is 9.97 Å². The molecule has 6 heteroatoms. The summed E-state index contributed by atoms with van der Waals surface area (Å²) in [6, 6.07) is 0.437. The second-order valence-corrected chi connectivity index (χ2v) is 4.34. The molecule has 17 heavy (non-hydrogen) atoms. The Bertz CT molecular complexity index is 506. The van der Waals surface area contributed by atoms with E-state index in [1.807, 2.05) is 7.05 Å². The van der Waals surface area contributed by atoms with Crippen molar-refractivity contribution in [2.75, 3.05) is 11.9 Å². The van der Waals surface area contributed by atoms with Gasteiger partial charge in [0.2, 0.25) is 5.28 Å². The quantitative estimate of drug-likeness (QED) is 0.851. The first-order chi connectivity index (χ1) is 8.17. The summed E-state index contributed by atoms with van der Waals surface area (Å²) < 4.78 is 0. The summed E-state index contributed by atoms with van der Waals surface area (Å²) in [6.45, 7) is 4.33. The molecule has 2 aromatic rings. The van der Waals surface area contributed by atoms with Crippen LogP contribution >= 0.6 is 11.6 Å². The molecule has 2 aromatic heterocycles. The first-order valence-corrected chi connectivity index (χ1v) is 6.14. The predicted octanol–water partition coefficient (Wildman–Crippen LogP) is 2.63. The van der Waals surface area contributed by atoms with E-state index in [0.717, 1.165) is 24.2 Å². The highest BCUT2D eigenvalue weighted by molar-refractivity contribution is 6.28. The lowest BCUT2D eigenvalue weighted by atomic mass is 10.1. The minimum atomic E-state index is 0.234. The predicted molar refractivity (Wildman–Crippen MR) is 69.5 cm³/mol. The van der Waals surface area contributed by atoms with E-state index >= 15 is 0 Å². The van der Waals surface area contributed by atoms with Crippen LogP contribution in [-0.4, -0.2) is 33.0 Å². The summed E-state index contributed by atoms with van der Waals surface area (Å²) in [6.07, 6.45) is 3.73. The number of halogens is 1. The van der Waals surface area contributed by atoms with Crippen molar-refractivity contribution >= 4 is 28.6 Å². The van der Waals surface area contributed by atoms with E-state index in [2.05, 4.69) is 38.7 Å². The van der Waals surface area contributed by atoms with Crippen molar-refractivity contribution in [2.45, 2.75) is 32.7 Å². The van der Waals surface area contributed by atoms with Gasteiger partial charge in [0, 0.05) is 13.1 Å². The molecule has 1 N–H and O–H groups in total. The molecule has 92 valence electrons. The summed E-state index contributed by atoms with van der Waals surface area (Å²) in [7, 11) is 2.02. The number of aromatic nitrogens is 4. The summed E-state index contributed by atoms with van der Waals surface area (Å²) in [5.74, 6) is 0.811. The Morgan fingerprint density at radius 2 is 2.06 bits per heavy atom. The van der Waals surface area contributed by atoms with Gasteiger partial charge in [0.1, 0.15) is 5.52 Å². The van der Waals surface area contributed by atoms with Crippen LogP contribution in [0.2, 0.25) is 5.28 Å². The molecule has 0 atom stereocenters. The van der Waals surface area contributed by atoms with E-state index in [0.29, 0.717) is 11.7 Å². The van der Waals surface area contributed by atoms with Crippen LogP contribution < -0.4 is 4.90 Å². The van der Waals surface area contributed by atoms with E-state index < -0.39 is 0 Å². The normalized spacial score (nSPS) is 11.4. The number of aromatic amines is 1. The number of hydrogen-bond donors (Lipinski definition) is 1. The molecule has 0 radical (unpaired) electrons. The Morgan fingerprint density at radius 3 is 2.71 bits per heavy atom. The van der Waals surface area contributed by atoms with Crippen molar-refractivity contribution in [1.82, 2.24) is 19.9 Å². The first kappa shape index (κ1) is 12.1. The SMILES string of the molecule is CCC(CC)N(C)c1nc(Cl)nc2nc[nH]c12. The fraction of sp³-hybridized carbons (Fsp3) is 0.545. The molecule has 0 saturated heterocycles. The molecule has 5 nitrogen and oxygen atoms in total. The molecule has 0 aliphatic rings. The van der Waals surface area contributed by atoms with Crippen molar-refractivity contribution in [3.05, 3.63) is 11.6 Å². The highest BCUT2D eigenvalue weighted by atomic mass is 35.5. The van der Waals surface area contributed by atoms with Crippen LogP contribution in [0.25, 0.3) is 11.2 Å². The number of fused-ring (bicyclic) bond motifs is 1. The number of nitrogens with one attached hydrogen (secondary N) is 1. The summed E-state index contributed by atoms with van der Waals surface area (Å²) in [5.41, 5.74) is 1.45.